The Balaban J connectivity index is 2.52. The molecular formula is C21H25ClF3N3O7S. The van der Waals surface area contributed by atoms with Crippen LogP contribution in [-0.4, -0.2) is 49.7 Å². The molecule has 0 saturated carbocycles. The topological polar surface area (TPSA) is 130 Å². The molecule has 0 aliphatic rings. The first-order valence-corrected chi connectivity index (χ1v) is 12.0. The fourth-order valence-electron chi connectivity index (χ4n) is 2.81. The summed E-state index contributed by atoms with van der Waals surface area (Å²) >= 11 is 5.98. The van der Waals surface area contributed by atoms with Gasteiger partial charge in [0.15, 0.2) is 0 Å². The molecule has 0 fully saturated rings. The van der Waals surface area contributed by atoms with Crippen molar-refractivity contribution in [3.63, 3.8) is 0 Å². The van der Waals surface area contributed by atoms with Gasteiger partial charge in [0.2, 0.25) is 5.88 Å². The lowest BCUT2D eigenvalue weighted by atomic mass is 10.1. The molecule has 200 valence electrons. The van der Waals surface area contributed by atoms with Gasteiger partial charge in [0, 0.05) is 37.0 Å². The van der Waals surface area contributed by atoms with E-state index in [2.05, 4.69) is 9.17 Å². The summed E-state index contributed by atoms with van der Waals surface area (Å²) in [5.41, 5.74) is 2.95. The van der Waals surface area contributed by atoms with Crippen LogP contribution in [0.3, 0.4) is 0 Å². The van der Waals surface area contributed by atoms with Crippen molar-refractivity contribution in [2.24, 2.45) is 5.73 Å². The van der Waals surface area contributed by atoms with E-state index in [4.69, 9.17) is 31.5 Å². The number of amides is 1. The van der Waals surface area contributed by atoms with E-state index in [1.165, 1.54) is 25.3 Å². The number of pyridine rings is 1. The van der Waals surface area contributed by atoms with E-state index < -0.39 is 38.7 Å². The monoisotopic (exact) mass is 555 g/mol. The second-order valence-corrected chi connectivity index (χ2v) is 10.1. The van der Waals surface area contributed by atoms with Crippen LogP contribution in [0.1, 0.15) is 31.9 Å². The van der Waals surface area contributed by atoms with E-state index in [-0.39, 0.29) is 42.7 Å². The summed E-state index contributed by atoms with van der Waals surface area (Å²) in [7, 11) is -3.16. The van der Waals surface area contributed by atoms with Gasteiger partial charge in [-0.05, 0) is 32.9 Å². The summed E-state index contributed by atoms with van der Waals surface area (Å²) in [6.45, 7) is 4.70. The van der Waals surface area contributed by atoms with Crippen molar-refractivity contribution >= 4 is 28.0 Å². The van der Waals surface area contributed by atoms with Crippen LogP contribution in [0.5, 0.6) is 17.4 Å². The Labute approximate surface area is 211 Å². The van der Waals surface area contributed by atoms with Crippen LogP contribution in [0.2, 0.25) is 5.02 Å². The summed E-state index contributed by atoms with van der Waals surface area (Å²) in [6.07, 6.45) is -5.65. The van der Waals surface area contributed by atoms with Gasteiger partial charge in [-0.1, -0.05) is 17.7 Å². The molecule has 2 N–H and O–H groups in total. The molecule has 2 rings (SSSR count). The van der Waals surface area contributed by atoms with Crippen molar-refractivity contribution in [3.05, 3.63) is 46.6 Å². The molecule has 10 nitrogen and oxygen atoms in total. The fourth-order valence-corrected chi connectivity index (χ4v) is 4.28. The van der Waals surface area contributed by atoms with E-state index in [0.29, 0.717) is 12.3 Å². The highest BCUT2D eigenvalue weighted by Gasteiger charge is 2.36. The van der Waals surface area contributed by atoms with Gasteiger partial charge >= 0.3 is 22.6 Å². The van der Waals surface area contributed by atoms with Gasteiger partial charge < -0.3 is 24.1 Å². The van der Waals surface area contributed by atoms with E-state index >= 15 is 0 Å². The predicted molar refractivity (Wildman–Crippen MR) is 123 cm³/mol. The van der Waals surface area contributed by atoms with Crippen molar-refractivity contribution in [3.8, 4) is 17.4 Å². The highest BCUT2D eigenvalue weighted by molar-refractivity contribution is 7.84. The van der Waals surface area contributed by atoms with E-state index in [1.807, 2.05) is 0 Å². The number of halogens is 4. The second kappa shape index (κ2) is 11.5. The van der Waals surface area contributed by atoms with Crippen molar-refractivity contribution in [1.82, 2.24) is 9.29 Å². The lowest BCUT2D eigenvalue weighted by Crippen LogP contribution is -2.46. The van der Waals surface area contributed by atoms with Crippen LogP contribution < -0.4 is 15.2 Å². The molecular weight excluding hydrogens is 531 g/mol. The summed E-state index contributed by atoms with van der Waals surface area (Å²) in [5, 5.41) is -0.432. The predicted octanol–water partition coefficient (Wildman–Crippen LogP) is 4.51. The highest BCUT2D eigenvalue weighted by Crippen LogP contribution is 2.37. The third-order valence-electron chi connectivity index (χ3n) is 4.46. The number of methoxy groups -OCH3 is 1. The molecule has 0 spiro atoms. The molecule has 0 aliphatic heterocycles. The Morgan fingerprint density at radius 1 is 1.17 bits per heavy atom. The maximum absolute atomic E-state index is 13.0. The fraction of sp³-hybridized carbons (Fsp3) is 0.429. The molecule has 0 saturated heterocycles. The Bertz CT molecular complexity index is 1190. The maximum Gasteiger partial charge on any atom is 0.421 e. The first kappa shape index (κ1) is 29.4. The number of ether oxygens (including phenoxy) is 3. The molecule has 15 heteroatoms. The molecule has 0 aliphatic carbocycles. The number of carbonyl (C=O) groups excluding carboxylic acids is 1. The molecule has 1 aromatic heterocycles. The van der Waals surface area contributed by atoms with Crippen LogP contribution in [-0.2, 0) is 31.9 Å². The number of carbonyl (C=O) groups is 1. The number of alkyl halides is 3. The third-order valence-corrected chi connectivity index (χ3v) is 6.32. The first-order valence-electron chi connectivity index (χ1n) is 10.2. The van der Waals surface area contributed by atoms with Gasteiger partial charge in [-0.25, -0.2) is 9.78 Å². The summed E-state index contributed by atoms with van der Waals surface area (Å²) < 4.78 is 85.6. The minimum atomic E-state index is -4.67. The molecule has 1 amide bonds. The number of rotatable bonds is 10. The molecule has 0 atom stereocenters. The number of aromatic nitrogens is 1. The third kappa shape index (κ3) is 8.11. The molecule has 0 unspecified atom stereocenters. The largest absolute Gasteiger partial charge is 0.491 e. The van der Waals surface area contributed by atoms with Crippen LogP contribution in [0, 0.1) is 0 Å². The maximum atomic E-state index is 13.0. The second-order valence-electron chi connectivity index (χ2n) is 8.26. The molecule has 1 heterocycles. The van der Waals surface area contributed by atoms with Crippen molar-refractivity contribution in [2.45, 2.75) is 39.0 Å². The quantitative estimate of drug-likeness (QED) is 0.424. The molecule has 36 heavy (non-hydrogen) atoms. The zero-order valence-corrected chi connectivity index (χ0v) is 21.3. The van der Waals surface area contributed by atoms with Gasteiger partial charge in [0.05, 0.1) is 12.2 Å². The molecule has 2 aromatic rings. The first-order chi connectivity index (χ1) is 16.5. The lowest BCUT2D eigenvalue weighted by Gasteiger charge is -2.33. The number of hydrogen-bond acceptors (Lipinski definition) is 8. The lowest BCUT2D eigenvalue weighted by molar-refractivity contribution is -0.137. The van der Waals surface area contributed by atoms with Crippen molar-refractivity contribution in [2.75, 3.05) is 20.3 Å². The number of nitrogens with two attached hydrogens (primary N) is 1. The van der Waals surface area contributed by atoms with E-state index in [0.717, 1.165) is 4.31 Å². The average Bonchev–Trinajstić information content (AvgIpc) is 2.72. The average molecular weight is 556 g/mol. The van der Waals surface area contributed by atoms with Crippen molar-refractivity contribution in [1.29, 1.82) is 0 Å². The number of hydrogen-bond donors (Lipinski definition) is 1. The Morgan fingerprint density at radius 2 is 1.83 bits per heavy atom. The minimum absolute atomic E-state index is 0.0254. The highest BCUT2D eigenvalue weighted by atomic mass is 35.5. The summed E-state index contributed by atoms with van der Waals surface area (Å²) in [5.74, 6) is -0.103. The molecule has 0 radical (unpaired) electrons. The van der Waals surface area contributed by atoms with E-state index in [1.54, 1.807) is 20.8 Å². The van der Waals surface area contributed by atoms with Crippen molar-refractivity contribution < 1.29 is 44.8 Å². The zero-order chi connectivity index (χ0) is 27.3. The van der Waals surface area contributed by atoms with Crippen LogP contribution in [0.25, 0.3) is 0 Å². The van der Waals surface area contributed by atoms with Gasteiger partial charge in [-0.15, -0.1) is 0 Å². The van der Waals surface area contributed by atoms with Gasteiger partial charge in [-0.2, -0.15) is 25.9 Å². The Hall–Kier alpha value is -2.81. The summed E-state index contributed by atoms with van der Waals surface area (Å²) in [4.78, 5) is 14.8. The van der Waals surface area contributed by atoms with Gasteiger partial charge in [-0.3, -0.25) is 0 Å². The number of primary amides is 1. The molecule has 1 aromatic carbocycles. The Kier molecular flexibility index (Phi) is 9.40. The standard InChI is InChI=1S/C21H25ClF3N3O7S/c1-20(2,3)28(36(30,31)35-19(26)29)12-13-5-6-15(33-8-7-32-4)10-17(13)34-18-16(22)9-14(11-27-18)21(23,24)25/h5-6,9-11H,7-8,12H2,1-4H3,(H2,26,29). The molecule has 0 bridgehead atoms. The smallest absolute Gasteiger partial charge is 0.421 e. The zero-order valence-electron chi connectivity index (χ0n) is 19.8. The normalized spacial score (nSPS) is 12.5. The van der Waals surface area contributed by atoms with Crippen LogP contribution >= 0.6 is 11.6 Å². The van der Waals surface area contributed by atoms with Crippen LogP contribution in [0.15, 0.2) is 30.5 Å². The van der Waals surface area contributed by atoms with Gasteiger partial charge in [0.1, 0.15) is 23.1 Å². The SMILES string of the molecule is COCCOc1ccc(CN(C(C)(C)C)S(=O)(=O)OC(N)=O)c(Oc2ncc(C(F)(F)F)cc2Cl)c1. The van der Waals surface area contributed by atoms with E-state index in [9.17, 15) is 26.4 Å². The van der Waals surface area contributed by atoms with Gasteiger partial charge in [0.25, 0.3) is 0 Å². The Morgan fingerprint density at radius 3 is 2.36 bits per heavy atom. The minimum Gasteiger partial charge on any atom is -0.491 e. The number of benzene rings is 1. The number of nitrogens with zero attached hydrogens (tertiary/aromatic N) is 2. The van der Waals surface area contributed by atoms with Crippen LogP contribution in [0.4, 0.5) is 18.0 Å². The summed E-state index contributed by atoms with van der Waals surface area (Å²) in [6, 6.07) is 5.01.